The molecule has 0 saturated carbocycles. The van der Waals surface area contributed by atoms with Crippen molar-refractivity contribution in [3.05, 3.63) is 29.3 Å². The number of benzene rings is 1. The van der Waals surface area contributed by atoms with E-state index in [0.29, 0.717) is 55.8 Å². The van der Waals surface area contributed by atoms with E-state index in [-0.39, 0.29) is 5.12 Å². The normalized spacial score (nSPS) is 9.95. The van der Waals surface area contributed by atoms with Crippen LogP contribution in [-0.4, -0.2) is 50.4 Å². The van der Waals surface area contributed by atoms with Gasteiger partial charge in [-0.05, 0) is 12.3 Å². The number of carbonyl (C=O) groups excluding carboxylic acids is 3. The average Bonchev–Trinajstić information content (AvgIpc) is 2.52. The van der Waals surface area contributed by atoms with Gasteiger partial charge in [0, 0.05) is 24.3 Å². The van der Waals surface area contributed by atoms with Crippen LogP contribution in [0.4, 0.5) is 5.69 Å². The number of aldehydes is 1. The van der Waals surface area contributed by atoms with Crippen molar-refractivity contribution in [2.75, 3.05) is 37.9 Å². The lowest BCUT2D eigenvalue weighted by Gasteiger charge is -2.12. The van der Waals surface area contributed by atoms with Gasteiger partial charge in [-0.1, -0.05) is 23.9 Å². The molecule has 2 N–H and O–H groups in total. The van der Waals surface area contributed by atoms with Crippen LogP contribution in [0.25, 0.3) is 0 Å². The van der Waals surface area contributed by atoms with E-state index in [0.717, 1.165) is 11.8 Å². The first kappa shape index (κ1) is 17.2. The maximum Gasteiger partial charge on any atom is 0.221 e. The maximum absolute atomic E-state index is 11.9. The number of thioether (sulfide) groups is 1. The second-order valence-electron chi connectivity index (χ2n) is 3.99. The molecule has 0 fully saturated rings. The minimum atomic E-state index is -0.156. The fraction of sp³-hybridized carbons (Fsp3) is 0.357. The highest BCUT2D eigenvalue weighted by Gasteiger charge is 2.14. The van der Waals surface area contributed by atoms with Crippen molar-refractivity contribution in [1.29, 1.82) is 0 Å². The topological polar surface area (TPSA) is 84.5 Å². The van der Waals surface area contributed by atoms with Crippen molar-refractivity contribution in [3.8, 4) is 0 Å². The molecule has 0 atom stereocenters. The first-order valence-electron chi connectivity index (χ1n) is 6.39. The summed E-state index contributed by atoms with van der Waals surface area (Å²) in [7, 11) is 0. The largest absolute Gasteiger partial charge is 0.382 e. The number of nitrogens with one attached hydrogen (secondary N) is 2. The summed E-state index contributed by atoms with van der Waals surface area (Å²) >= 11 is 1.06. The summed E-state index contributed by atoms with van der Waals surface area (Å²) in [4.78, 5) is 33.0. The van der Waals surface area contributed by atoms with Gasteiger partial charge in [0.15, 0.2) is 6.29 Å². The van der Waals surface area contributed by atoms with Gasteiger partial charge in [-0.25, -0.2) is 0 Å². The molecule has 1 aromatic rings. The fourth-order valence-corrected chi connectivity index (χ4v) is 2.13. The molecule has 0 aliphatic carbocycles. The predicted molar refractivity (Wildman–Crippen MR) is 83.1 cm³/mol. The van der Waals surface area contributed by atoms with Crippen molar-refractivity contribution in [2.24, 2.45) is 0 Å². The molecular formula is C14H18N2O4S. The monoisotopic (exact) mass is 310 g/mol. The number of ether oxygens (including phenoxy) is 1. The Morgan fingerprint density at radius 3 is 2.71 bits per heavy atom. The lowest BCUT2D eigenvalue weighted by molar-refractivity contribution is -0.109. The van der Waals surface area contributed by atoms with Crippen LogP contribution in [0.15, 0.2) is 18.2 Å². The van der Waals surface area contributed by atoms with Gasteiger partial charge >= 0.3 is 0 Å². The van der Waals surface area contributed by atoms with Crippen LogP contribution < -0.4 is 10.6 Å². The van der Waals surface area contributed by atoms with Crippen LogP contribution in [0.2, 0.25) is 0 Å². The van der Waals surface area contributed by atoms with E-state index in [2.05, 4.69) is 10.6 Å². The minimum Gasteiger partial charge on any atom is -0.382 e. The number of hydrogen-bond acceptors (Lipinski definition) is 6. The van der Waals surface area contributed by atoms with Crippen LogP contribution in [0.5, 0.6) is 0 Å². The van der Waals surface area contributed by atoms with E-state index in [1.54, 1.807) is 24.5 Å². The van der Waals surface area contributed by atoms with Crippen LogP contribution >= 0.6 is 11.8 Å². The van der Waals surface area contributed by atoms with Crippen molar-refractivity contribution < 1.29 is 19.1 Å². The number of amides is 1. The van der Waals surface area contributed by atoms with E-state index < -0.39 is 0 Å². The van der Waals surface area contributed by atoms with E-state index >= 15 is 0 Å². The Kier molecular flexibility index (Phi) is 8.15. The van der Waals surface area contributed by atoms with Crippen molar-refractivity contribution in [2.45, 2.75) is 0 Å². The molecule has 21 heavy (non-hydrogen) atoms. The SMILES string of the molecule is CSC(=O)c1c(C=O)cccc1NCCOCCNC=O. The molecule has 0 bridgehead atoms. The Morgan fingerprint density at radius 2 is 2.05 bits per heavy atom. The molecule has 1 aromatic carbocycles. The van der Waals surface area contributed by atoms with Crippen molar-refractivity contribution in [1.82, 2.24) is 5.32 Å². The first-order chi connectivity index (χ1) is 10.2. The number of anilines is 1. The summed E-state index contributed by atoms with van der Waals surface area (Å²) in [5.74, 6) is 0. The molecular weight excluding hydrogens is 292 g/mol. The average molecular weight is 310 g/mol. The molecule has 0 radical (unpaired) electrons. The van der Waals surface area contributed by atoms with Crippen molar-refractivity contribution in [3.63, 3.8) is 0 Å². The van der Waals surface area contributed by atoms with Crippen LogP contribution in [0, 0.1) is 0 Å². The van der Waals surface area contributed by atoms with Gasteiger partial charge in [-0.15, -0.1) is 0 Å². The van der Waals surface area contributed by atoms with Gasteiger partial charge < -0.3 is 15.4 Å². The highest BCUT2D eigenvalue weighted by molar-refractivity contribution is 8.13. The highest BCUT2D eigenvalue weighted by atomic mass is 32.2. The lowest BCUT2D eigenvalue weighted by Crippen LogP contribution is -2.20. The second-order valence-corrected chi connectivity index (χ2v) is 4.77. The van der Waals surface area contributed by atoms with Gasteiger partial charge in [0.25, 0.3) is 0 Å². The molecule has 1 rings (SSSR count). The standard InChI is InChI=1S/C14H18N2O4S/c1-21-14(19)13-11(9-17)3-2-4-12(13)16-6-8-20-7-5-15-10-18/h2-4,9-10,16H,5-8H2,1H3,(H,15,18). The summed E-state index contributed by atoms with van der Waals surface area (Å²) in [6.07, 6.45) is 2.97. The van der Waals surface area contributed by atoms with E-state index in [1.807, 2.05) is 0 Å². The number of carbonyl (C=O) groups is 3. The molecule has 0 unspecified atom stereocenters. The first-order valence-corrected chi connectivity index (χ1v) is 7.62. The Bertz CT molecular complexity index is 494. The summed E-state index contributed by atoms with van der Waals surface area (Å²) in [6.45, 7) is 1.81. The smallest absolute Gasteiger partial charge is 0.221 e. The second kappa shape index (κ2) is 9.95. The Morgan fingerprint density at radius 1 is 1.29 bits per heavy atom. The molecule has 0 aliphatic rings. The maximum atomic E-state index is 11.9. The van der Waals surface area contributed by atoms with Crippen LogP contribution in [-0.2, 0) is 9.53 Å². The quantitative estimate of drug-likeness (QED) is 0.498. The molecule has 0 aliphatic heterocycles. The molecule has 0 aromatic heterocycles. The Balaban J connectivity index is 2.56. The van der Waals surface area contributed by atoms with Gasteiger partial charge in [-0.2, -0.15) is 0 Å². The molecule has 0 saturated heterocycles. The summed E-state index contributed by atoms with van der Waals surface area (Å²) < 4.78 is 5.30. The molecule has 114 valence electrons. The van der Waals surface area contributed by atoms with Crippen molar-refractivity contribution >= 4 is 35.3 Å². The van der Waals surface area contributed by atoms with Crippen LogP contribution in [0.1, 0.15) is 20.7 Å². The predicted octanol–water partition coefficient (Wildman–Crippen LogP) is 1.18. The molecule has 7 heteroatoms. The zero-order chi connectivity index (χ0) is 15.5. The van der Waals surface area contributed by atoms with Crippen LogP contribution in [0.3, 0.4) is 0 Å². The van der Waals surface area contributed by atoms with E-state index in [4.69, 9.17) is 4.74 Å². The summed E-state index contributed by atoms with van der Waals surface area (Å²) in [5.41, 5.74) is 1.38. The third-order valence-corrected chi connectivity index (χ3v) is 3.22. The van der Waals surface area contributed by atoms with Gasteiger partial charge in [-0.3, -0.25) is 14.4 Å². The molecule has 0 spiro atoms. The fourth-order valence-electron chi connectivity index (χ4n) is 1.70. The Hall–Kier alpha value is -1.86. The number of hydrogen-bond donors (Lipinski definition) is 2. The molecule has 0 heterocycles. The Labute approximate surface area is 127 Å². The third-order valence-electron chi connectivity index (χ3n) is 2.65. The third kappa shape index (κ3) is 5.57. The van der Waals surface area contributed by atoms with E-state index in [1.165, 1.54) is 0 Å². The highest BCUT2D eigenvalue weighted by Crippen LogP contribution is 2.23. The van der Waals surface area contributed by atoms with Gasteiger partial charge in [0.2, 0.25) is 11.5 Å². The van der Waals surface area contributed by atoms with E-state index in [9.17, 15) is 14.4 Å². The summed E-state index contributed by atoms with van der Waals surface area (Å²) in [5, 5.41) is 5.42. The molecule has 6 nitrogen and oxygen atoms in total. The zero-order valence-electron chi connectivity index (χ0n) is 11.8. The van der Waals surface area contributed by atoms with Gasteiger partial charge in [0.05, 0.1) is 18.8 Å². The lowest BCUT2D eigenvalue weighted by atomic mass is 10.1. The summed E-state index contributed by atoms with van der Waals surface area (Å²) in [6, 6.07) is 5.09. The zero-order valence-corrected chi connectivity index (χ0v) is 12.6. The molecule has 1 amide bonds. The van der Waals surface area contributed by atoms with Gasteiger partial charge in [0.1, 0.15) is 0 Å². The minimum absolute atomic E-state index is 0.156. The number of rotatable bonds is 10.